The molecule has 1 aromatic rings. The third kappa shape index (κ3) is 4.29. The van der Waals surface area contributed by atoms with Crippen LogP contribution in [0.5, 0.6) is 0 Å². The Morgan fingerprint density at radius 3 is 2.33 bits per heavy atom. The van der Waals surface area contributed by atoms with Crippen molar-refractivity contribution in [1.82, 2.24) is 0 Å². The van der Waals surface area contributed by atoms with Gasteiger partial charge in [-0.25, -0.2) is 0 Å². The van der Waals surface area contributed by atoms with Crippen LogP contribution in [0.25, 0.3) is 0 Å². The maximum atomic E-state index is 6.32. The molecule has 1 nitrogen and oxygen atoms in total. The minimum absolute atomic E-state index is 0.204. The smallest absolute Gasteiger partial charge is 0.0462 e. The lowest BCUT2D eigenvalue weighted by Gasteiger charge is -2.28. The SMILES string of the molecule is CCC(N)C(SC(C)C(C)C)c1ccccc1Br. The molecule has 1 aromatic carbocycles. The van der Waals surface area contributed by atoms with E-state index < -0.39 is 0 Å². The molecule has 0 bridgehead atoms. The zero-order valence-corrected chi connectivity index (χ0v) is 14.1. The van der Waals surface area contributed by atoms with Crippen molar-refractivity contribution in [3.63, 3.8) is 0 Å². The Morgan fingerprint density at radius 1 is 1.22 bits per heavy atom. The van der Waals surface area contributed by atoms with E-state index in [1.165, 1.54) is 10.0 Å². The summed E-state index contributed by atoms with van der Waals surface area (Å²) in [7, 11) is 0. The minimum atomic E-state index is 0.204. The minimum Gasteiger partial charge on any atom is -0.326 e. The van der Waals surface area contributed by atoms with Gasteiger partial charge in [-0.15, -0.1) is 11.8 Å². The molecule has 0 heterocycles. The Hall–Kier alpha value is 0.01000. The van der Waals surface area contributed by atoms with E-state index in [1.807, 2.05) is 11.8 Å². The quantitative estimate of drug-likeness (QED) is 0.794. The Kier molecular flexibility index (Phi) is 6.75. The van der Waals surface area contributed by atoms with E-state index in [2.05, 4.69) is 67.9 Å². The zero-order valence-electron chi connectivity index (χ0n) is 11.7. The third-order valence-corrected chi connectivity index (χ3v) is 5.96. The zero-order chi connectivity index (χ0) is 13.7. The summed E-state index contributed by atoms with van der Waals surface area (Å²) in [6.45, 7) is 9.00. The first-order valence-electron chi connectivity index (χ1n) is 6.62. The van der Waals surface area contributed by atoms with Crippen LogP contribution in [-0.4, -0.2) is 11.3 Å². The second-order valence-corrected chi connectivity index (χ2v) is 7.48. The Morgan fingerprint density at radius 2 is 1.83 bits per heavy atom. The highest BCUT2D eigenvalue weighted by Gasteiger charge is 2.24. The predicted octanol–water partition coefficient (Wildman–Crippen LogP) is 5.01. The van der Waals surface area contributed by atoms with Gasteiger partial charge in [-0.3, -0.25) is 0 Å². The molecule has 0 radical (unpaired) electrons. The Bertz CT molecular complexity index is 367. The molecule has 1 rings (SSSR count). The topological polar surface area (TPSA) is 26.0 Å². The van der Waals surface area contributed by atoms with Gasteiger partial charge in [-0.05, 0) is 24.0 Å². The second kappa shape index (κ2) is 7.56. The summed E-state index contributed by atoms with van der Waals surface area (Å²) in [6.07, 6.45) is 1.00. The van der Waals surface area contributed by atoms with Crippen LogP contribution < -0.4 is 5.73 Å². The Labute approximate surface area is 124 Å². The van der Waals surface area contributed by atoms with Crippen LogP contribution in [0.2, 0.25) is 0 Å². The highest BCUT2D eigenvalue weighted by Crippen LogP contribution is 2.40. The van der Waals surface area contributed by atoms with Gasteiger partial charge in [-0.1, -0.05) is 61.8 Å². The maximum Gasteiger partial charge on any atom is 0.0462 e. The van der Waals surface area contributed by atoms with E-state index in [0.29, 0.717) is 16.4 Å². The van der Waals surface area contributed by atoms with E-state index >= 15 is 0 Å². The molecular formula is C15H24BrNS. The van der Waals surface area contributed by atoms with Crippen molar-refractivity contribution in [1.29, 1.82) is 0 Å². The van der Waals surface area contributed by atoms with Crippen molar-refractivity contribution in [2.45, 2.75) is 50.7 Å². The van der Waals surface area contributed by atoms with Crippen LogP contribution in [0.1, 0.15) is 44.9 Å². The van der Waals surface area contributed by atoms with Crippen molar-refractivity contribution < 1.29 is 0 Å². The fourth-order valence-corrected chi connectivity index (χ4v) is 3.92. The highest BCUT2D eigenvalue weighted by molar-refractivity contribution is 9.10. The van der Waals surface area contributed by atoms with Gasteiger partial charge in [0.25, 0.3) is 0 Å². The van der Waals surface area contributed by atoms with E-state index in [0.717, 1.165) is 6.42 Å². The van der Waals surface area contributed by atoms with Gasteiger partial charge in [0.05, 0.1) is 0 Å². The molecule has 3 atom stereocenters. The van der Waals surface area contributed by atoms with Gasteiger partial charge >= 0.3 is 0 Å². The van der Waals surface area contributed by atoms with E-state index in [9.17, 15) is 0 Å². The molecule has 0 saturated heterocycles. The largest absolute Gasteiger partial charge is 0.326 e. The molecule has 3 unspecified atom stereocenters. The number of benzene rings is 1. The van der Waals surface area contributed by atoms with Gasteiger partial charge in [0.2, 0.25) is 0 Å². The normalized spacial score (nSPS) is 16.6. The molecule has 102 valence electrons. The molecule has 0 aliphatic rings. The molecule has 0 aliphatic carbocycles. The average Bonchev–Trinajstić information content (AvgIpc) is 2.35. The van der Waals surface area contributed by atoms with Gasteiger partial charge in [0, 0.05) is 21.0 Å². The second-order valence-electron chi connectivity index (χ2n) is 5.10. The summed E-state index contributed by atoms with van der Waals surface area (Å²) in [4.78, 5) is 0. The fraction of sp³-hybridized carbons (Fsp3) is 0.600. The molecular weight excluding hydrogens is 306 g/mol. The first-order chi connectivity index (χ1) is 8.47. The first kappa shape index (κ1) is 16.1. The van der Waals surface area contributed by atoms with E-state index in [-0.39, 0.29) is 6.04 Å². The first-order valence-corrected chi connectivity index (χ1v) is 8.36. The molecule has 0 saturated carbocycles. The molecule has 0 aliphatic heterocycles. The van der Waals surface area contributed by atoms with E-state index in [1.54, 1.807) is 0 Å². The van der Waals surface area contributed by atoms with Crippen LogP contribution in [0.4, 0.5) is 0 Å². The third-order valence-electron chi connectivity index (χ3n) is 3.37. The molecule has 2 N–H and O–H groups in total. The standard InChI is InChI=1S/C15H24BrNS/c1-5-14(17)15(18-11(4)10(2)3)12-8-6-7-9-13(12)16/h6-11,14-15H,5,17H2,1-4H3. The molecule has 18 heavy (non-hydrogen) atoms. The number of rotatable bonds is 6. The van der Waals surface area contributed by atoms with Crippen LogP contribution in [0.3, 0.4) is 0 Å². The lowest BCUT2D eigenvalue weighted by molar-refractivity contribution is 0.608. The van der Waals surface area contributed by atoms with Gasteiger partial charge in [0.15, 0.2) is 0 Å². The fourth-order valence-electron chi connectivity index (χ4n) is 1.71. The van der Waals surface area contributed by atoms with Crippen molar-refractivity contribution in [2.24, 2.45) is 11.7 Å². The molecule has 0 fully saturated rings. The number of nitrogens with two attached hydrogens (primary N) is 1. The van der Waals surface area contributed by atoms with Crippen LogP contribution >= 0.6 is 27.7 Å². The Balaban J connectivity index is 2.95. The average molecular weight is 330 g/mol. The van der Waals surface area contributed by atoms with Crippen LogP contribution in [-0.2, 0) is 0 Å². The predicted molar refractivity (Wildman–Crippen MR) is 87.0 cm³/mol. The van der Waals surface area contributed by atoms with Crippen molar-refractivity contribution in [3.05, 3.63) is 34.3 Å². The van der Waals surface area contributed by atoms with Crippen LogP contribution in [0.15, 0.2) is 28.7 Å². The molecule has 0 amide bonds. The summed E-state index contributed by atoms with van der Waals surface area (Å²) >= 11 is 5.65. The van der Waals surface area contributed by atoms with Gasteiger partial charge in [0.1, 0.15) is 0 Å². The summed E-state index contributed by atoms with van der Waals surface area (Å²) in [5.74, 6) is 0.670. The summed E-state index contributed by atoms with van der Waals surface area (Å²) in [5.41, 5.74) is 7.65. The lowest BCUT2D eigenvalue weighted by atomic mass is 10.0. The number of hydrogen-bond donors (Lipinski definition) is 1. The number of thioether (sulfide) groups is 1. The maximum absolute atomic E-state index is 6.32. The number of hydrogen-bond acceptors (Lipinski definition) is 2. The molecule has 0 spiro atoms. The van der Waals surface area contributed by atoms with Crippen molar-refractivity contribution in [2.75, 3.05) is 0 Å². The monoisotopic (exact) mass is 329 g/mol. The number of halogens is 1. The van der Waals surface area contributed by atoms with Gasteiger partial charge < -0.3 is 5.73 Å². The molecule has 0 aromatic heterocycles. The lowest BCUT2D eigenvalue weighted by Crippen LogP contribution is -2.28. The van der Waals surface area contributed by atoms with E-state index in [4.69, 9.17) is 5.73 Å². The van der Waals surface area contributed by atoms with Crippen LogP contribution in [0, 0.1) is 5.92 Å². The summed E-state index contributed by atoms with van der Waals surface area (Å²) in [6, 6.07) is 8.64. The van der Waals surface area contributed by atoms with Crippen molar-refractivity contribution >= 4 is 27.7 Å². The highest BCUT2D eigenvalue weighted by atomic mass is 79.9. The van der Waals surface area contributed by atoms with Gasteiger partial charge in [-0.2, -0.15) is 0 Å². The van der Waals surface area contributed by atoms with Crippen molar-refractivity contribution in [3.8, 4) is 0 Å². The summed E-state index contributed by atoms with van der Waals surface area (Å²) < 4.78 is 1.17. The molecule has 3 heteroatoms. The summed E-state index contributed by atoms with van der Waals surface area (Å²) in [5, 5.41) is 0.975.